The Morgan fingerprint density at radius 3 is 2.56 bits per heavy atom. The van der Waals surface area contributed by atoms with Crippen LogP contribution in [0.5, 0.6) is 0 Å². The van der Waals surface area contributed by atoms with Gasteiger partial charge in [-0.2, -0.15) is 0 Å². The predicted octanol–water partition coefficient (Wildman–Crippen LogP) is 1.15. The molecule has 3 nitrogen and oxygen atoms in total. The zero-order chi connectivity index (χ0) is 11.5. The molecule has 0 radical (unpaired) electrons. The molecule has 0 aliphatic heterocycles. The molecule has 1 amide bonds. The molecule has 1 aliphatic rings. The Balaban J connectivity index is 1.79. The first-order valence-corrected chi connectivity index (χ1v) is 5.42. The second kappa shape index (κ2) is 4.61. The third-order valence-electron chi connectivity index (χ3n) is 3.04. The van der Waals surface area contributed by atoms with Crippen LogP contribution in [-0.4, -0.2) is 18.5 Å². The van der Waals surface area contributed by atoms with Gasteiger partial charge in [-0.3, -0.25) is 4.79 Å². The van der Waals surface area contributed by atoms with E-state index in [1.54, 1.807) is 0 Å². The molecular weight excluding hydrogens is 207 g/mol. The van der Waals surface area contributed by atoms with Gasteiger partial charge in [0.1, 0.15) is 5.82 Å². The molecule has 1 aromatic rings. The fourth-order valence-corrected chi connectivity index (χ4v) is 2.04. The van der Waals surface area contributed by atoms with Crippen LogP contribution < -0.4 is 11.1 Å². The lowest BCUT2D eigenvalue weighted by Gasteiger charge is -2.36. The van der Waals surface area contributed by atoms with E-state index in [9.17, 15) is 9.18 Å². The molecule has 1 aliphatic carbocycles. The molecule has 0 atom stereocenters. The molecule has 16 heavy (non-hydrogen) atoms. The minimum atomic E-state index is -0.328. The van der Waals surface area contributed by atoms with Gasteiger partial charge >= 0.3 is 0 Å². The average molecular weight is 222 g/mol. The van der Waals surface area contributed by atoms with Crippen molar-refractivity contribution in [2.24, 2.45) is 5.73 Å². The second-order valence-electron chi connectivity index (χ2n) is 4.26. The van der Waals surface area contributed by atoms with Gasteiger partial charge < -0.3 is 11.1 Å². The van der Waals surface area contributed by atoms with Crippen molar-refractivity contribution in [3.8, 4) is 0 Å². The quantitative estimate of drug-likeness (QED) is 0.802. The molecule has 4 heteroatoms. The van der Waals surface area contributed by atoms with E-state index >= 15 is 0 Å². The maximum Gasteiger partial charge on any atom is 0.231 e. The summed E-state index contributed by atoms with van der Waals surface area (Å²) in [5.74, 6) is -0.0531. The molecule has 1 aromatic carbocycles. The van der Waals surface area contributed by atoms with Gasteiger partial charge in [-0.15, -0.1) is 0 Å². The SMILES string of the molecule is NC(=O)CNC1CC(c2ccc(F)cc2)C1. The largest absolute Gasteiger partial charge is 0.369 e. The number of carbonyl (C=O) groups excluding carboxylic acids is 1. The van der Waals surface area contributed by atoms with Crippen molar-refractivity contribution in [2.45, 2.75) is 24.8 Å². The van der Waals surface area contributed by atoms with E-state index < -0.39 is 0 Å². The highest BCUT2D eigenvalue weighted by atomic mass is 19.1. The highest BCUT2D eigenvalue weighted by Gasteiger charge is 2.29. The van der Waals surface area contributed by atoms with Crippen LogP contribution in [0.3, 0.4) is 0 Å². The van der Waals surface area contributed by atoms with Crippen LogP contribution >= 0.6 is 0 Å². The van der Waals surface area contributed by atoms with Crippen LogP contribution in [0.15, 0.2) is 24.3 Å². The first-order valence-electron chi connectivity index (χ1n) is 5.42. The van der Waals surface area contributed by atoms with Gasteiger partial charge in [0.25, 0.3) is 0 Å². The van der Waals surface area contributed by atoms with Gasteiger partial charge in [0.2, 0.25) is 5.91 Å². The van der Waals surface area contributed by atoms with E-state index in [0.717, 1.165) is 12.8 Å². The lowest BCUT2D eigenvalue weighted by Crippen LogP contribution is -2.43. The topological polar surface area (TPSA) is 55.1 Å². The number of carbonyl (C=O) groups is 1. The fourth-order valence-electron chi connectivity index (χ4n) is 2.04. The van der Waals surface area contributed by atoms with Crippen LogP contribution in [0.1, 0.15) is 24.3 Å². The minimum absolute atomic E-state index is 0.202. The predicted molar refractivity (Wildman–Crippen MR) is 59.4 cm³/mol. The number of hydrogen-bond donors (Lipinski definition) is 2. The van der Waals surface area contributed by atoms with Crippen LogP contribution in [0.4, 0.5) is 4.39 Å². The Bertz CT molecular complexity index is 371. The van der Waals surface area contributed by atoms with Crippen molar-refractivity contribution in [1.29, 1.82) is 0 Å². The molecule has 0 heterocycles. The summed E-state index contributed by atoms with van der Waals surface area (Å²) in [5.41, 5.74) is 6.20. The van der Waals surface area contributed by atoms with E-state index in [1.807, 2.05) is 12.1 Å². The van der Waals surface area contributed by atoms with Gasteiger partial charge in [0, 0.05) is 6.04 Å². The van der Waals surface area contributed by atoms with E-state index in [0.29, 0.717) is 12.0 Å². The smallest absolute Gasteiger partial charge is 0.231 e. The average Bonchev–Trinajstić information content (AvgIpc) is 2.18. The van der Waals surface area contributed by atoms with Crippen molar-refractivity contribution in [2.75, 3.05) is 6.54 Å². The lowest BCUT2D eigenvalue weighted by atomic mass is 9.76. The molecule has 1 saturated carbocycles. The normalized spacial score (nSPS) is 23.8. The summed E-state index contributed by atoms with van der Waals surface area (Å²) in [7, 11) is 0. The Kier molecular flexibility index (Phi) is 3.19. The standard InChI is InChI=1S/C12H15FN2O/c13-10-3-1-8(2-4-10)9-5-11(6-9)15-7-12(14)16/h1-4,9,11,15H,5-7H2,(H2,14,16). The maximum absolute atomic E-state index is 12.7. The maximum atomic E-state index is 12.7. The second-order valence-corrected chi connectivity index (χ2v) is 4.26. The molecule has 1 fully saturated rings. The molecule has 86 valence electrons. The summed E-state index contributed by atoms with van der Waals surface area (Å²) in [4.78, 5) is 10.6. The molecule has 3 N–H and O–H groups in total. The van der Waals surface area contributed by atoms with Crippen molar-refractivity contribution in [1.82, 2.24) is 5.32 Å². The number of primary amides is 1. The molecule has 0 aromatic heterocycles. The molecule has 2 rings (SSSR count). The van der Waals surface area contributed by atoms with Crippen LogP contribution in [-0.2, 0) is 4.79 Å². The molecule has 0 spiro atoms. The van der Waals surface area contributed by atoms with Crippen molar-refractivity contribution in [3.05, 3.63) is 35.6 Å². The Morgan fingerprint density at radius 1 is 1.38 bits per heavy atom. The van der Waals surface area contributed by atoms with Crippen molar-refractivity contribution >= 4 is 5.91 Å². The number of hydrogen-bond acceptors (Lipinski definition) is 2. The Labute approximate surface area is 93.8 Å². The number of nitrogens with one attached hydrogen (secondary N) is 1. The van der Waals surface area contributed by atoms with Crippen molar-refractivity contribution in [3.63, 3.8) is 0 Å². The monoisotopic (exact) mass is 222 g/mol. The summed E-state index contributed by atoms with van der Waals surface area (Å²) >= 11 is 0. The van der Waals surface area contributed by atoms with Crippen LogP contribution in [0.2, 0.25) is 0 Å². The van der Waals surface area contributed by atoms with E-state index in [2.05, 4.69) is 5.32 Å². The zero-order valence-corrected chi connectivity index (χ0v) is 8.95. The zero-order valence-electron chi connectivity index (χ0n) is 8.95. The first kappa shape index (κ1) is 11.1. The minimum Gasteiger partial charge on any atom is -0.369 e. The van der Waals surface area contributed by atoms with E-state index in [-0.39, 0.29) is 18.3 Å². The van der Waals surface area contributed by atoms with Crippen LogP contribution in [0, 0.1) is 5.82 Å². The van der Waals surface area contributed by atoms with Crippen LogP contribution in [0.25, 0.3) is 0 Å². The van der Waals surface area contributed by atoms with E-state index in [1.165, 1.54) is 17.7 Å². The number of amides is 1. The summed E-state index contributed by atoms with van der Waals surface area (Å²) in [6.07, 6.45) is 1.97. The summed E-state index contributed by atoms with van der Waals surface area (Å²) in [5, 5.41) is 3.08. The molecule has 0 bridgehead atoms. The fraction of sp³-hybridized carbons (Fsp3) is 0.417. The van der Waals surface area contributed by atoms with Gasteiger partial charge in [0.05, 0.1) is 6.54 Å². The molecular formula is C12H15FN2O. The number of rotatable bonds is 4. The summed E-state index contributed by atoms with van der Waals surface area (Å²) in [6.45, 7) is 0.237. The summed E-state index contributed by atoms with van der Waals surface area (Å²) in [6, 6.07) is 6.98. The van der Waals surface area contributed by atoms with Gasteiger partial charge in [-0.1, -0.05) is 12.1 Å². The lowest BCUT2D eigenvalue weighted by molar-refractivity contribution is -0.117. The third-order valence-corrected chi connectivity index (χ3v) is 3.04. The Hall–Kier alpha value is -1.42. The number of benzene rings is 1. The molecule has 0 unspecified atom stereocenters. The number of nitrogens with two attached hydrogens (primary N) is 1. The Morgan fingerprint density at radius 2 is 2.00 bits per heavy atom. The summed E-state index contributed by atoms with van der Waals surface area (Å²) < 4.78 is 12.7. The van der Waals surface area contributed by atoms with Gasteiger partial charge in [0.15, 0.2) is 0 Å². The molecule has 0 saturated heterocycles. The highest BCUT2D eigenvalue weighted by molar-refractivity contribution is 5.75. The first-order chi connectivity index (χ1) is 7.65. The van der Waals surface area contributed by atoms with Crippen molar-refractivity contribution < 1.29 is 9.18 Å². The third kappa shape index (κ3) is 2.58. The highest BCUT2D eigenvalue weighted by Crippen LogP contribution is 2.36. The van der Waals surface area contributed by atoms with E-state index in [4.69, 9.17) is 5.73 Å². The van der Waals surface area contributed by atoms with Gasteiger partial charge in [-0.05, 0) is 36.5 Å². The van der Waals surface area contributed by atoms with Gasteiger partial charge in [-0.25, -0.2) is 4.39 Å². The number of halogens is 1.